The number of benzene rings is 2. The fourth-order valence-electron chi connectivity index (χ4n) is 3.50. The molecule has 1 amide bonds. The minimum absolute atomic E-state index is 0.0180. The highest BCUT2D eigenvalue weighted by Gasteiger charge is 2.25. The SMILES string of the molecule is COc1ccc(OC)c(NC(=O)c2cn3c4c(ccc(Cl)c4c2=O)O[C@H](C)C3)c1. The first-order valence-corrected chi connectivity index (χ1v) is 9.36. The highest BCUT2D eigenvalue weighted by molar-refractivity contribution is 6.35. The van der Waals surface area contributed by atoms with Crippen LogP contribution in [0.25, 0.3) is 10.9 Å². The number of methoxy groups -OCH3 is 2. The molecule has 1 N–H and O–H groups in total. The zero-order valence-electron chi connectivity index (χ0n) is 16.1. The molecule has 1 aromatic heterocycles. The van der Waals surface area contributed by atoms with E-state index in [2.05, 4.69) is 5.32 Å². The molecule has 0 spiro atoms. The van der Waals surface area contributed by atoms with Crippen LogP contribution in [-0.4, -0.2) is 30.8 Å². The first-order valence-electron chi connectivity index (χ1n) is 8.98. The number of pyridine rings is 1. The molecule has 1 atom stereocenters. The molecule has 0 saturated heterocycles. The minimum atomic E-state index is -0.562. The molecule has 3 aromatic rings. The lowest BCUT2D eigenvalue weighted by Crippen LogP contribution is -2.30. The van der Waals surface area contributed by atoms with E-state index >= 15 is 0 Å². The summed E-state index contributed by atoms with van der Waals surface area (Å²) in [5.74, 6) is 1.00. The number of carbonyl (C=O) groups is 1. The van der Waals surface area contributed by atoms with Crippen LogP contribution in [0.5, 0.6) is 17.2 Å². The maximum Gasteiger partial charge on any atom is 0.261 e. The second-order valence-electron chi connectivity index (χ2n) is 6.74. The third kappa shape index (κ3) is 3.27. The number of ether oxygens (including phenoxy) is 3. The van der Waals surface area contributed by atoms with E-state index in [4.69, 9.17) is 25.8 Å². The van der Waals surface area contributed by atoms with Gasteiger partial charge >= 0.3 is 0 Å². The predicted octanol–water partition coefficient (Wildman–Crippen LogP) is 3.71. The number of hydrogen-bond donors (Lipinski definition) is 1. The van der Waals surface area contributed by atoms with Gasteiger partial charge in [0, 0.05) is 12.3 Å². The Morgan fingerprint density at radius 1 is 1.24 bits per heavy atom. The van der Waals surface area contributed by atoms with Gasteiger partial charge in [-0.1, -0.05) is 11.6 Å². The Balaban J connectivity index is 1.83. The maximum atomic E-state index is 13.1. The zero-order chi connectivity index (χ0) is 20.7. The fourth-order valence-corrected chi connectivity index (χ4v) is 3.73. The standard InChI is InChI=1S/C21H19ClN2O5/c1-11-9-24-10-13(20(25)18-14(22)5-7-17(29-11)19(18)24)21(26)23-15-8-12(27-2)4-6-16(15)28-3/h4-8,10-11H,9H2,1-3H3,(H,23,26)/t11-/m1/s1. The number of aromatic nitrogens is 1. The van der Waals surface area contributed by atoms with Crippen LogP contribution in [0, 0.1) is 0 Å². The van der Waals surface area contributed by atoms with Crippen molar-refractivity contribution >= 4 is 34.1 Å². The molecule has 2 heterocycles. The van der Waals surface area contributed by atoms with Gasteiger partial charge in [-0.05, 0) is 31.2 Å². The van der Waals surface area contributed by atoms with Crippen LogP contribution in [0.2, 0.25) is 5.02 Å². The fraction of sp³-hybridized carbons (Fsp3) is 0.238. The lowest BCUT2D eigenvalue weighted by molar-refractivity contribution is 0.102. The summed E-state index contributed by atoms with van der Waals surface area (Å²) in [6.07, 6.45) is 1.44. The molecule has 0 fully saturated rings. The van der Waals surface area contributed by atoms with Crippen molar-refractivity contribution in [3.8, 4) is 17.2 Å². The lowest BCUT2D eigenvalue weighted by atomic mass is 10.1. The number of nitrogens with zero attached hydrogens (tertiary/aromatic N) is 1. The number of carbonyl (C=O) groups excluding carboxylic acids is 1. The number of anilines is 1. The van der Waals surface area contributed by atoms with Gasteiger partial charge in [-0.25, -0.2) is 0 Å². The topological polar surface area (TPSA) is 78.8 Å². The van der Waals surface area contributed by atoms with Crippen LogP contribution in [0.1, 0.15) is 17.3 Å². The molecule has 7 nitrogen and oxygen atoms in total. The van der Waals surface area contributed by atoms with Crippen molar-refractivity contribution in [2.24, 2.45) is 0 Å². The molecular formula is C21H19ClN2O5. The predicted molar refractivity (Wildman–Crippen MR) is 111 cm³/mol. The second kappa shape index (κ2) is 7.33. The van der Waals surface area contributed by atoms with Crippen molar-refractivity contribution in [1.29, 1.82) is 0 Å². The quantitative estimate of drug-likeness (QED) is 0.704. The summed E-state index contributed by atoms with van der Waals surface area (Å²) in [5, 5.41) is 3.28. The Morgan fingerprint density at radius 2 is 2.03 bits per heavy atom. The molecule has 29 heavy (non-hydrogen) atoms. The Bertz CT molecular complexity index is 1190. The molecule has 0 radical (unpaired) electrons. The smallest absolute Gasteiger partial charge is 0.261 e. The normalized spacial score (nSPS) is 15.0. The van der Waals surface area contributed by atoms with Crippen LogP contribution in [0.15, 0.2) is 41.3 Å². The van der Waals surface area contributed by atoms with E-state index in [1.807, 2.05) is 11.5 Å². The van der Waals surface area contributed by atoms with E-state index < -0.39 is 11.3 Å². The van der Waals surface area contributed by atoms with Crippen LogP contribution >= 0.6 is 11.6 Å². The van der Waals surface area contributed by atoms with Crippen LogP contribution < -0.4 is 25.0 Å². The van der Waals surface area contributed by atoms with Gasteiger partial charge in [0.25, 0.3) is 5.91 Å². The monoisotopic (exact) mass is 414 g/mol. The number of nitrogens with one attached hydrogen (secondary N) is 1. The van der Waals surface area contributed by atoms with Gasteiger partial charge in [-0.3, -0.25) is 9.59 Å². The van der Waals surface area contributed by atoms with Crippen LogP contribution in [0.4, 0.5) is 5.69 Å². The Hall–Kier alpha value is -3.19. The third-order valence-corrected chi connectivity index (χ3v) is 5.13. The molecule has 150 valence electrons. The van der Waals surface area contributed by atoms with Crippen molar-refractivity contribution < 1.29 is 19.0 Å². The summed E-state index contributed by atoms with van der Waals surface area (Å²) in [4.78, 5) is 26.1. The molecule has 0 aliphatic carbocycles. The molecule has 0 bridgehead atoms. The van der Waals surface area contributed by atoms with Crippen molar-refractivity contribution in [2.45, 2.75) is 19.6 Å². The molecule has 1 aliphatic rings. The van der Waals surface area contributed by atoms with E-state index in [-0.39, 0.29) is 22.1 Å². The lowest BCUT2D eigenvalue weighted by Gasteiger charge is -2.26. The average molecular weight is 415 g/mol. The molecule has 0 unspecified atom stereocenters. The van der Waals surface area contributed by atoms with Gasteiger partial charge in [0.2, 0.25) is 5.43 Å². The van der Waals surface area contributed by atoms with Crippen molar-refractivity contribution in [1.82, 2.24) is 4.57 Å². The number of hydrogen-bond acceptors (Lipinski definition) is 5. The summed E-state index contributed by atoms with van der Waals surface area (Å²) in [6.45, 7) is 2.41. The second-order valence-corrected chi connectivity index (χ2v) is 7.15. The van der Waals surface area contributed by atoms with Gasteiger partial charge in [0.05, 0.1) is 42.4 Å². The average Bonchev–Trinajstić information content (AvgIpc) is 2.71. The maximum absolute atomic E-state index is 13.1. The number of rotatable bonds is 4. The van der Waals surface area contributed by atoms with Crippen molar-refractivity contribution in [3.05, 3.63) is 57.3 Å². The summed E-state index contributed by atoms with van der Waals surface area (Å²) in [6, 6.07) is 8.35. The number of halogens is 1. The van der Waals surface area contributed by atoms with Crippen LogP contribution in [-0.2, 0) is 6.54 Å². The Morgan fingerprint density at radius 3 is 2.76 bits per heavy atom. The first kappa shape index (κ1) is 19.1. The third-order valence-electron chi connectivity index (χ3n) is 4.82. The Labute approximate surface area is 171 Å². The summed E-state index contributed by atoms with van der Waals surface area (Å²) in [5.41, 5.74) is 0.513. The van der Waals surface area contributed by atoms with Crippen molar-refractivity contribution in [2.75, 3.05) is 19.5 Å². The van der Waals surface area contributed by atoms with E-state index in [0.29, 0.717) is 35.0 Å². The highest BCUT2D eigenvalue weighted by atomic mass is 35.5. The first-order chi connectivity index (χ1) is 13.9. The summed E-state index contributed by atoms with van der Waals surface area (Å²) < 4.78 is 18.2. The zero-order valence-corrected chi connectivity index (χ0v) is 16.9. The minimum Gasteiger partial charge on any atom is -0.497 e. The molecule has 2 aromatic carbocycles. The van der Waals surface area contributed by atoms with E-state index in [0.717, 1.165) is 0 Å². The largest absolute Gasteiger partial charge is 0.497 e. The van der Waals surface area contributed by atoms with Gasteiger partial charge in [0.15, 0.2) is 0 Å². The summed E-state index contributed by atoms with van der Waals surface area (Å²) in [7, 11) is 3.02. The van der Waals surface area contributed by atoms with Gasteiger partial charge < -0.3 is 24.1 Å². The Kier molecular flexibility index (Phi) is 4.84. The van der Waals surface area contributed by atoms with E-state index in [9.17, 15) is 9.59 Å². The van der Waals surface area contributed by atoms with Crippen LogP contribution in [0.3, 0.4) is 0 Å². The van der Waals surface area contributed by atoms with Gasteiger partial charge in [-0.2, -0.15) is 0 Å². The molecule has 4 rings (SSSR count). The molecule has 0 saturated carbocycles. The molecule has 8 heteroatoms. The molecule has 1 aliphatic heterocycles. The van der Waals surface area contributed by atoms with E-state index in [1.165, 1.54) is 14.2 Å². The van der Waals surface area contributed by atoms with Gasteiger partial charge in [-0.15, -0.1) is 0 Å². The summed E-state index contributed by atoms with van der Waals surface area (Å²) >= 11 is 6.31. The number of amides is 1. The molecular weight excluding hydrogens is 396 g/mol. The van der Waals surface area contributed by atoms with E-state index in [1.54, 1.807) is 36.5 Å². The van der Waals surface area contributed by atoms with Gasteiger partial charge in [0.1, 0.15) is 28.9 Å². The highest BCUT2D eigenvalue weighted by Crippen LogP contribution is 2.34. The van der Waals surface area contributed by atoms with Crippen molar-refractivity contribution in [3.63, 3.8) is 0 Å².